The Morgan fingerprint density at radius 3 is 3.00 bits per heavy atom. The van der Waals surface area contributed by atoms with Gasteiger partial charge in [0.25, 0.3) is 0 Å². The van der Waals surface area contributed by atoms with Gasteiger partial charge in [0.05, 0.1) is 7.85 Å². The summed E-state index contributed by atoms with van der Waals surface area (Å²) in [5, 5.41) is 3.71. The minimum absolute atomic E-state index is 0.672. The highest BCUT2D eigenvalue weighted by Gasteiger charge is 1.68. The van der Waals surface area contributed by atoms with Crippen LogP contribution in [0.15, 0.2) is 5.10 Å². The Bertz CT molecular complexity index is 53.7. The molecule has 3 heteroatoms. The predicted octanol–water partition coefficient (Wildman–Crippen LogP) is 0.168. The van der Waals surface area contributed by atoms with Crippen LogP contribution in [0, 0.1) is 0 Å². The normalized spacial score (nSPS) is 9.86. The molecule has 0 aliphatic heterocycles. The van der Waals surface area contributed by atoms with Crippen molar-refractivity contribution in [2.75, 3.05) is 7.05 Å². The summed E-state index contributed by atoms with van der Waals surface area (Å²) in [5.41, 5.74) is 2.62. The van der Waals surface area contributed by atoms with E-state index in [2.05, 4.69) is 10.5 Å². The number of nitrogens with zero attached hydrogens (tertiary/aromatic N) is 1. The highest BCUT2D eigenvalue weighted by molar-refractivity contribution is 6.09. The van der Waals surface area contributed by atoms with Gasteiger partial charge in [-0.3, -0.25) is 0 Å². The summed E-state index contributed by atoms with van der Waals surface area (Å²) in [6.45, 7) is 0. The van der Waals surface area contributed by atoms with E-state index in [9.17, 15) is 0 Å². The number of nitrogens with one attached hydrogen (secondary N) is 1. The monoisotopic (exact) mass is 96.1 g/mol. The first-order valence-electron chi connectivity index (χ1n) is 2.30. The lowest BCUT2D eigenvalue weighted by Crippen LogP contribution is -1.93. The first kappa shape index (κ1) is 6.53. The Morgan fingerprint density at radius 2 is 2.57 bits per heavy atom. The fourth-order valence-electron chi connectivity index (χ4n) is 0.230. The molecule has 0 spiro atoms. The minimum Gasteiger partial charge on any atom is -0.313 e. The van der Waals surface area contributed by atoms with Crippen molar-refractivity contribution in [3.63, 3.8) is 0 Å². The van der Waals surface area contributed by atoms with E-state index < -0.39 is 0 Å². The largest absolute Gasteiger partial charge is 0.313 e. The molecule has 0 saturated carbocycles. The maximum Gasteiger partial charge on any atom is 0.0657 e. The average molecular weight is 95.9 g/mol. The van der Waals surface area contributed by atoms with Crippen LogP contribution in [0.1, 0.15) is 6.42 Å². The van der Waals surface area contributed by atoms with Crippen LogP contribution in [0.25, 0.3) is 0 Å². The zero-order chi connectivity index (χ0) is 5.54. The fourth-order valence-corrected chi connectivity index (χ4v) is 0.230. The van der Waals surface area contributed by atoms with Gasteiger partial charge in [-0.1, -0.05) is 6.32 Å². The Labute approximate surface area is 45.4 Å². The fraction of sp³-hybridized carbons (Fsp3) is 0.750. The molecule has 0 aliphatic carbocycles. The smallest absolute Gasteiger partial charge is 0.0657 e. The lowest BCUT2D eigenvalue weighted by atomic mass is 10.0. The highest BCUT2D eigenvalue weighted by Crippen LogP contribution is 1.74. The standard InChI is InChI=1S/C4H9BN2/c1-6-7-4-2-3-5/h4,6H,2-3H2,1H3/b7-4-. The molecule has 0 aromatic carbocycles. The topological polar surface area (TPSA) is 24.4 Å². The molecule has 0 saturated heterocycles. The molecule has 2 radical (unpaired) electrons. The highest BCUT2D eigenvalue weighted by atomic mass is 15.3. The van der Waals surface area contributed by atoms with Crippen LogP contribution in [0.2, 0.25) is 6.32 Å². The van der Waals surface area contributed by atoms with Gasteiger partial charge in [0.2, 0.25) is 0 Å². The van der Waals surface area contributed by atoms with Crippen molar-refractivity contribution in [2.45, 2.75) is 12.7 Å². The second-order valence-corrected chi connectivity index (χ2v) is 1.11. The third-order valence-electron chi connectivity index (χ3n) is 0.516. The van der Waals surface area contributed by atoms with E-state index in [1.54, 1.807) is 13.3 Å². The van der Waals surface area contributed by atoms with Gasteiger partial charge < -0.3 is 5.43 Å². The van der Waals surface area contributed by atoms with Gasteiger partial charge in [0.15, 0.2) is 0 Å². The van der Waals surface area contributed by atoms with Crippen LogP contribution in [0.5, 0.6) is 0 Å². The third-order valence-corrected chi connectivity index (χ3v) is 0.516. The molecular formula is C4H9BN2. The van der Waals surface area contributed by atoms with Gasteiger partial charge in [-0.25, -0.2) is 0 Å². The summed E-state index contributed by atoms with van der Waals surface area (Å²) in [7, 11) is 6.91. The van der Waals surface area contributed by atoms with Crippen molar-refractivity contribution in [3.05, 3.63) is 0 Å². The van der Waals surface area contributed by atoms with Crippen LogP contribution in [-0.2, 0) is 0 Å². The average Bonchev–Trinajstić information content (AvgIpc) is 1.69. The van der Waals surface area contributed by atoms with Gasteiger partial charge in [-0.15, -0.1) is 0 Å². The van der Waals surface area contributed by atoms with Crippen molar-refractivity contribution in [1.82, 2.24) is 5.43 Å². The van der Waals surface area contributed by atoms with Crippen LogP contribution >= 0.6 is 0 Å². The molecule has 0 heterocycles. The second kappa shape index (κ2) is 5.53. The molecule has 0 aliphatic rings. The molecule has 7 heavy (non-hydrogen) atoms. The van der Waals surface area contributed by atoms with Crippen LogP contribution in [-0.4, -0.2) is 21.1 Å². The predicted molar refractivity (Wildman–Crippen MR) is 32.7 cm³/mol. The lowest BCUT2D eigenvalue weighted by molar-refractivity contribution is 0.901. The molecule has 38 valence electrons. The lowest BCUT2D eigenvalue weighted by Gasteiger charge is -1.83. The quantitative estimate of drug-likeness (QED) is 0.302. The first-order valence-corrected chi connectivity index (χ1v) is 2.30. The van der Waals surface area contributed by atoms with Crippen molar-refractivity contribution >= 4 is 14.1 Å². The van der Waals surface area contributed by atoms with Gasteiger partial charge >= 0.3 is 0 Å². The molecule has 2 nitrogen and oxygen atoms in total. The zero-order valence-electron chi connectivity index (χ0n) is 4.52. The summed E-state index contributed by atoms with van der Waals surface area (Å²) in [4.78, 5) is 0. The van der Waals surface area contributed by atoms with Crippen molar-refractivity contribution in [2.24, 2.45) is 5.10 Å². The maximum absolute atomic E-state index is 5.15. The summed E-state index contributed by atoms with van der Waals surface area (Å²) in [6, 6.07) is 0. The summed E-state index contributed by atoms with van der Waals surface area (Å²) < 4.78 is 0. The van der Waals surface area contributed by atoms with E-state index in [4.69, 9.17) is 7.85 Å². The van der Waals surface area contributed by atoms with Gasteiger partial charge in [-0.2, -0.15) is 5.10 Å². The van der Waals surface area contributed by atoms with Gasteiger partial charge in [0, 0.05) is 13.3 Å². The molecular weight excluding hydrogens is 86.9 g/mol. The Morgan fingerprint density at radius 1 is 1.86 bits per heavy atom. The molecule has 0 atom stereocenters. The van der Waals surface area contributed by atoms with Crippen LogP contribution < -0.4 is 5.43 Å². The number of rotatable bonds is 3. The molecule has 0 rings (SSSR count). The van der Waals surface area contributed by atoms with Crippen LogP contribution in [0.4, 0.5) is 0 Å². The molecule has 0 aromatic heterocycles. The summed E-state index contributed by atoms with van der Waals surface area (Å²) in [5.74, 6) is 0. The number of hydrogen-bond acceptors (Lipinski definition) is 2. The minimum atomic E-state index is 0.672. The van der Waals surface area contributed by atoms with E-state index in [1.807, 2.05) is 0 Å². The van der Waals surface area contributed by atoms with E-state index in [0.29, 0.717) is 6.32 Å². The van der Waals surface area contributed by atoms with E-state index in [0.717, 1.165) is 6.42 Å². The van der Waals surface area contributed by atoms with Gasteiger partial charge in [0.1, 0.15) is 0 Å². The SMILES string of the molecule is [B]CC/C=N\NC. The molecule has 0 bridgehead atoms. The van der Waals surface area contributed by atoms with Crippen molar-refractivity contribution < 1.29 is 0 Å². The van der Waals surface area contributed by atoms with E-state index >= 15 is 0 Å². The van der Waals surface area contributed by atoms with E-state index in [1.165, 1.54) is 0 Å². The Balaban J connectivity index is 2.78. The van der Waals surface area contributed by atoms with E-state index in [-0.39, 0.29) is 0 Å². The number of hydrazone groups is 1. The Hall–Kier alpha value is -0.465. The zero-order valence-corrected chi connectivity index (χ0v) is 4.52. The summed E-state index contributed by atoms with van der Waals surface area (Å²) in [6.07, 6.45) is 3.27. The van der Waals surface area contributed by atoms with Gasteiger partial charge in [-0.05, 0) is 6.42 Å². The van der Waals surface area contributed by atoms with Crippen molar-refractivity contribution in [3.8, 4) is 0 Å². The summed E-state index contributed by atoms with van der Waals surface area (Å²) >= 11 is 0. The molecule has 0 unspecified atom stereocenters. The first-order chi connectivity index (χ1) is 3.41. The molecule has 0 fully saturated rings. The third kappa shape index (κ3) is 5.53. The van der Waals surface area contributed by atoms with Crippen LogP contribution in [0.3, 0.4) is 0 Å². The Kier molecular flexibility index (Phi) is 5.17. The second-order valence-electron chi connectivity index (χ2n) is 1.11. The molecule has 1 N–H and O–H groups in total. The van der Waals surface area contributed by atoms with Crippen molar-refractivity contribution in [1.29, 1.82) is 0 Å². The number of hydrogen-bond donors (Lipinski definition) is 1. The maximum atomic E-state index is 5.15. The molecule has 0 aromatic rings. The molecule has 0 amide bonds.